The lowest BCUT2D eigenvalue weighted by Gasteiger charge is -2.09. The maximum Gasteiger partial charge on any atom is 0.258 e. The summed E-state index contributed by atoms with van der Waals surface area (Å²) in [4.78, 5) is 28.3. The molecule has 0 atom stereocenters. The average molecular weight is 414 g/mol. The van der Waals surface area contributed by atoms with Gasteiger partial charge in [0.1, 0.15) is 5.82 Å². The number of rotatable bonds is 4. The topological polar surface area (TPSA) is 71.1 Å². The number of benzene rings is 2. The molecule has 5 nitrogen and oxygen atoms in total. The zero-order valence-corrected chi connectivity index (χ0v) is 15.0. The lowest BCUT2D eigenvalue weighted by atomic mass is 10.2. The first-order valence-electron chi connectivity index (χ1n) is 7.61. The largest absolute Gasteiger partial charge is 0.322 e. The summed E-state index contributed by atoms with van der Waals surface area (Å²) in [5.41, 5.74) is 1.32. The molecule has 26 heavy (non-hydrogen) atoms. The van der Waals surface area contributed by atoms with Crippen molar-refractivity contribution in [2.45, 2.75) is 0 Å². The number of anilines is 2. The van der Waals surface area contributed by atoms with Gasteiger partial charge >= 0.3 is 0 Å². The number of hydrogen-bond donors (Lipinski definition) is 2. The van der Waals surface area contributed by atoms with Crippen LogP contribution in [-0.2, 0) is 0 Å². The van der Waals surface area contributed by atoms with E-state index in [0.717, 1.165) is 0 Å². The van der Waals surface area contributed by atoms with Crippen molar-refractivity contribution in [1.82, 2.24) is 4.98 Å². The number of hydrogen-bond acceptors (Lipinski definition) is 3. The number of nitrogens with one attached hydrogen (secondary N) is 2. The van der Waals surface area contributed by atoms with Crippen LogP contribution in [0.5, 0.6) is 0 Å². The molecule has 0 saturated carbocycles. The van der Waals surface area contributed by atoms with E-state index < -0.39 is 11.7 Å². The van der Waals surface area contributed by atoms with Crippen LogP contribution in [0.3, 0.4) is 0 Å². The van der Waals surface area contributed by atoms with E-state index in [9.17, 15) is 14.0 Å². The van der Waals surface area contributed by atoms with Crippen molar-refractivity contribution < 1.29 is 14.0 Å². The quantitative estimate of drug-likeness (QED) is 0.661. The van der Waals surface area contributed by atoms with Crippen LogP contribution < -0.4 is 10.6 Å². The second-order valence-electron chi connectivity index (χ2n) is 5.35. The molecule has 0 radical (unpaired) electrons. The Kier molecular flexibility index (Phi) is 5.38. The molecule has 2 aromatic carbocycles. The summed E-state index contributed by atoms with van der Waals surface area (Å²) in [5.74, 6) is -1.50. The molecule has 2 N–H and O–H groups in total. The molecule has 2 amide bonds. The van der Waals surface area contributed by atoms with Crippen molar-refractivity contribution in [1.29, 1.82) is 0 Å². The highest BCUT2D eigenvalue weighted by atomic mass is 79.9. The van der Waals surface area contributed by atoms with Crippen molar-refractivity contribution in [2.24, 2.45) is 0 Å². The minimum atomic E-state index is -0.618. The fourth-order valence-electron chi connectivity index (χ4n) is 2.25. The molecule has 1 heterocycles. The molecular formula is C19H13BrFN3O2. The Morgan fingerprint density at radius 3 is 2.23 bits per heavy atom. The molecule has 0 aliphatic heterocycles. The predicted octanol–water partition coefficient (Wildman–Crippen LogP) is 4.49. The van der Waals surface area contributed by atoms with Crippen LogP contribution in [0.4, 0.5) is 15.8 Å². The third-order valence-electron chi connectivity index (χ3n) is 3.49. The lowest BCUT2D eigenvalue weighted by molar-refractivity contribution is 0.101. The van der Waals surface area contributed by atoms with Gasteiger partial charge in [-0.15, -0.1) is 0 Å². The van der Waals surface area contributed by atoms with Gasteiger partial charge in [-0.25, -0.2) is 4.39 Å². The number of amides is 2. The van der Waals surface area contributed by atoms with E-state index in [4.69, 9.17) is 0 Å². The van der Waals surface area contributed by atoms with Gasteiger partial charge in [0.05, 0.1) is 5.56 Å². The first kappa shape index (κ1) is 17.8. The normalized spacial score (nSPS) is 10.2. The highest BCUT2D eigenvalue weighted by Crippen LogP contribution is 2.20. The summed E-state index contributed by atoms with van der Waals surface area (Å²) in [7, 11) is 0. The predicted molar refractivity (Wildman–Crippen MR) is 101 cm³/mol. The molecule has 3 rings (SSSR count). The van der Waals surface area contributed by atoms with Crippen molar-refractivity contribution in [3.63, 3.8) is 0 Å². The summed E-state index contributed by atoms with van der Waals surface area (Å²) >= 11 is 3.21. The monoisotopic (exact) mass is 413 g/mol. The molecule has 7 heteroatoms. The van der Waals surface area contributed by atoms with Crippen LogP contribution in [0.25, 0.3) is 0 Å². The number of carbonyl (C=O) groups excluding carboxylic acids is 2. The van der Waals surface area contributed by atoms with Crippen LogP contribution in [0.1, 0.15) is 20.7 Å². The van der Waals surface area contributed by atoms with E-state index in [1.165, 1.54) is 30.6 Å². The number of aromatic nitrogens is 1. The first-order valence-corrected chi connectivity index (χ1v) is 8.40. The molecule has 3 aromatic rings. The minimum Gasteiger partial charge on any atom is -0.322 e. The SMILES string of the molecule is O=C(Nc1cccc(NC(=O)c2cc(Br)ccc2F)c1)c1ccncc1. The molecule has 0 bridgehead atoms. The molecule has 0 spiro atoms. The van der Waals surface area contributed by atoms with Gasteiger partial charge in [-0.05, 0) is 48.5 Å². The fourth-order valence-corrected chi connectivity index (χ4v) is 2.61. The van der Waals surface area contributed by atoms with Gasteiger partial charge in [0, 0.05) is 33.8 Å². The number of carbonyl (C=O) groups is 2. The van der Waals surface area contributed by atoms with E-state index >= 15 is 0 Å². The van der Waals surface area contributed by atoms with Gasteiger partial charge < -0.3 is 10.6 Å². The lowest BCUT2D eigenvalue weighted by Crippen LogP contribution is -2.15. The van der Waals surface area contributed by atoms with Crippen molar-refractivity contribution in [2.75, 3.05) is 10.6 Å². The van der Waals surface area contributed by atoms with Gasteiger partial charge in [-0.3, -0.25) is 14.6 Å². The third kappa shape index (κ3) is 4.31. The van der Waals surface area contributed by atoms with Crippen LogP contribution in [0, 0.1) is 5.82 Å². The average Bonchev–Trinajstić information content (AvgIpc) is 2.64. The molecule has 0 aliphatic rings. The summed E-state index contributed by atoms with van der Waals surface area (Å²) in [6.45, 7) is 0. The molecule has 0 fully saturated rings. The number of halogens is 2. The Morgan fingerprint density at radius 2 is 1.54 bits per heavy atom. The second kappa shape index (κ2) is 7.88. The zero-order valence-electron chi connectivity index (χ0n) is 13.4. The van der Waals surface area contributed by atoms with Crippen molar-refractivity contribution in [3.8, 4) is 0 Å². The fraction of sp³-hybridized carbons (Fsp3) is 0. The maximum atomic E-state index is 13.8. The molecular weight excluding hydrogens is 401 g/mol. The van der Waals surface area contributed by atoms with Gasteiger partial charge in [-0.2, -0.15) is 0 Å². The van der Waals surface area contributed by atoms with Crippen LogP contribution >= 0.6 is 15.9 Å². The zero-order chi connectivity index (χ0) is 18.5. The van der Waals surface area contributed by atoms with E-state index in [-0.39, 0.29) is 11.5 Å². The van der Waals surface area contributed by atoms with E-state index in [1.54, 1.807) is 36.4 Å². The van der Waals surface area contributed by atoms with Crippen LogP contribution in [-0.4, -0.2) is 16.8 Å². The Balaban J connectivity index is 1.74. The summed E-state index contributed by atoms with van der Waals surface area (Å²) in [6, 6.07) is 13.9. The Morgan fingerprint density at radius 1 is 0.885 bits per heavy atom. The summed E-state index contributed by atoms with van der Waals surface area (Å²) < 4.78 is 14.4. The Labute approximate surface area is 157 Å². The minimum absolute atomic E-state index is 0.0781. The van der Waals surface area contributed by atoms with Crippen molar-refractivity contribution >= 4 is 39.1 Å². The van der Waals surface area contributed by atoms with E-state index in [0.29, 0.717) is 21.4 Å². The molecule has 130 valence electrons. The molecule has 0 unspecified atom stereocenters. The second-order valence-corrected chi connectivity index (χ2v) is 6.26. The molecule has 1 aromatic heterocycles. The summed E-state index contributed by atoms with van der Waals surface area (Å²) in [5, 5.41) is 5.35. The smallest absolute Gasteiger partial charge is 0.258 e. The van der Waals surface area contributed by atoms with Gasteiger partial charge in [-0.1, -0.05) is 22.0 Å². The van der Waals surface area contributed by atoms with E-state index in [1.807, 2.05) is 0 Å². The highest BCUT2D eigenvalue weighted by molar-refractivity contribution is 9.10. The first-order chi connectivity index (χ1) is 12.5. The van der Waals surface area contributed by atoms with Gasteiger partial charge in [0.25, 0.3) is 11.8 Å². The third-order valence-corrected chi connectivity index (χ3v) is 3.99. The number of pyridine rings is 1. The van der Waals surface area contributed by atoms with Crippen molar-refractivity contribution in [3.05, 3.63) is 88.4 Å². The Bertz CT molecular complexity index is 964. The van der Waals surface area contributed by atoms with Crippen LogP contribution in [0.2, 0.25) is 0 Å². The molecule has 0 saturated heterocycles. The molecule has 0 aliphatic carbocycles. The summed E-state index contributed by atoms with van der Waals surface area (Å²) in [6.07, 6.45) is 3.05. The highest BCUT2D eigenvalue weighted by Gasteiger charge is 2.13. The number of nitrogens with zero attached hydrogens (tertiary/aromatic N) is 1. The van der Waals surface area contributed by atoms with Gasteiger partial charge in [0.2, 0.25) is 0 Å². The standard InChI is InChI=1S/C19H13BrFN3O2/c20-13-4-5-17(21)16(10-13)19(26)24-15-3-1-2-14(11-15)23-18(25)12-6-8-22-9-7-12/h1-11H,(H,23,25)(H,24,26). The van der Waals surface area contributed by atoms with Gasteiger partial charge in [0.15, 0.2) is 0 Å². The Hall–Kier alpha value is -3.06. The van der Waals surface area contributed by atoms with E-state index in [2.05, 4.69) is 31.5 Å². The van der Waals surface area contributed by atoms with Crippen LogP contribution in [0.15, 0.2) is 71.5 Å². The maximum absolute atomic E-state index is 13.8.